The second-order valence-electron chi connectivity index (χ2n) is 15.1. The van der Waals surface area contributed by atoms with Crippen molar-refractivity contribution >= 4 is 76.3 Å². The number of rotatable bonds is 5. The lowest BCUT2D eigenvalue weighted by molar-refractivity contribution is 0.411. The first-order chi connectivity index (χ1) is 28.2. The van der Waals surface area contributed by atoms with Gasteiger partial charge in [-0.2, -0.15) is 0 Å². The Morgan fingerprint density at radius 3 is 2.40 bits per heavy atom. The fourth-order valence-electron chi connectivity index (χ4n) is 9.15. The summed E-state index contributed by atoms with van der Waals surface area (Å²) in [5, 5.41) is 13.7. The third-order valence-corrected chi connectivity index (χ3v) is 12.9. The smallest absolute Gasteiger partial charge is 0.143 e. The quantitative estimate of drug-likeness (QED) is 0.184. The van der Waals surface area contributed by atoms with Gasteiger partial charge in [0.15, 0.2) is 0 Å². The summed E-state index contributed by atoms with van der Waals surface area (Å²) in [6, 6.07) is 56.5. The Morgan fingerprint density at radius 2 is 1.49 bits per heavy atom. The number of aliphatic imine (C=N–C) groups is 1. The van der Waals surface area contributed by atoms with Crippen LogP contribution in [0.1, 0.15) is 46.7 Å². The molecule has 2 N–H and O–H groups in total. The number of nitrogens with one attached hydrogen (secondary N) is 2. The van der Waals surface area contributed by atoms with Gasteiger partial charge in [-0.25, -0.2) is 4.99 Å². The zero-order chi connectivity index (χ0) is 37.5. The molecule has 0 amide bonds. The van der Waals surface area contributed by atoms with Crippen molar-refractivity contribution in [3.05, 3.63) is 192 Å². The largest absolute Gasteiger partial charge is 0.455 e. The van der Waals surface area contributed by atoms with Gasteiger partial charge in [0.05, 0.1) is 5.52 Å². The van der Waals surface area contributed by atoms with E-state index in [9.17, 15) is 0 Å². The molecule has 2 aliphatic rings. The average molecular weight is 753 g/mol. The van der Waals surface area contributed by atoms with Crippen LogP contribution in [0.3, 0.4) is 0 Å². The molecule has 0 saturated heterocycles. The Hall–Kier alpha value is -6.73. The molecule has 3 aromatic heterocycles. The fourth-order valence-corrected chi connectivity index (χ4v) is 10.3. The van der Waals surface area contributed by atoms with E-state index < -0.39 is 0 Å². The summed E-state index contributed by atoms with van der Waals surface area (Å²) in [7, 11) is 0. The maximum absolute atomic E-state index is 6.77. The predicted molar refractivity (Wildman–Crippen MR) is 237 cm³/mol. The molecule has 7 aromatic carbocycles. The van der Waals surface area contributed by atoms with Gasteiger partial charge < -0.3 is 14.3 Å². The van der Waals surface area contributed by atoms with Crippen LogP contribution < -0.4 is 10.6 Å². The third kappa shape index (κ3) is 5.22. The molecule has 0 bridgehead atoms. The van der Waals surface area contributed by atoms with E-state index in [4.69, 9.17) is 9.41 Å². The number of benzene rings is 7. The molecule has 0 radical (unpaired) electrons. The number of thiophene rings is 1. The number of amidine groups is 1. The van der Waals surface area contributed by atoms with Crippen LogP contribution in [0.15, 0.2) is 173 Å². The molecular formula is C51H36N4OS. The number of para-hydroxylation sites is 2. The van der Waals surface area contributed by atoms with E-state index in [0.717, 1.165) is 62.9 Å². The number of hydrogen-bond donors (Lipinski definition) is 2. The first-order valence-corrected chi connectivity index (χ1v) is 20.5. The molecule has 2 atom stereocenters. The second-order valence-corrected chi connectivity index (χ2v) is 16.1. The molecule has 0 spiro atoms. The molecule has 1 aliphatic carbocycles. The van der Waals surface area contributed by atoms with Crippen LogP contribution in [0.5, 0.6) is 0 Å². The fraction of sp³-hybridized carbons (Fsp3) is 0.0784. The molecule has 4 heterocycles. The first kappa shape index (κ1) is 32.5. The van der Waals surface area contributed by atoms with Crippen LogP contribution in [-0.4, -0.2) is 10.4 Å². The van der Waals surface area contributed by atoms with Crippen molar-refractivity contribution in [2.24, 2.45) is 4.99 Å². The number of aromatic nitrogens is 1. The van der Waals surface area contributed by atoms with Crippen molar-refractivity contribution in [2.45, 2.75) is 25.2 Å². The van der Waals surface area contributed by atoms with Crippen LogP contribution in [-0.2, 0) is 6.42 Å². The van der Waals surface area contributed by atoms with Crippen LogP contribution in [0.2, 0.25) is 0 Å². The SMILES string of the molecule is C1=Cc2c(n(-c3ccc4oc5c(-c6ccc7sc8cccc(C9NC(c%10ccccc%10)=NC(c%10ccccc%10)N9)c8c7c6)cccc5c4c3)c3ccccc23)CC1. The molecule has 0 saturated carbocycles. The highest BCUT2D eigenvalue weighted by Crippen LogP contribution is 2.43. The highest BCUT2D eigenvalue weighted by molar-refractivity contribution is 7.25. The molecule has 5 nitrogen and oxygen atoms in total. The summed E-state index contributed by atoms with van der Waals surface area (Å²) in [5.41, 5.74) is 12.6. The van der Waals surface area contributed by atoms with E-state index in [1.807, 2.05) is 17.4 Å². The van der Waals surface area contributed by atoms with Crippen molar-refractivity contribution in [1.29, 1.82) is 0 Å². The molecule has 1 aliphatic heterocycles. The molecule has 10 aromatic rings. The number of fused-ring (bicyclic) bond motifs is 9. The van der Waals surface area contributed by atoms with Gasteiger partial charge in [0.2, 0.25) is 0 Å². The number of furan rings is 1. The highest BCUT2D eigenvalue weighted by Gasteiger charge is 2.28. The monoisotopic (exact) mass is 752 g/mol. The van der Waals surface area contributed by atoms with Crippen LogP contribution in [0.25, 0.3) is 75.9 Å². The van der Waals surface area contributed by atoms with E-state index in [0.29, 0.717) is 0 Å². The molecule has 6 heteroatoms. The van der Waals surface area contributed by atoms with E-state index in [1.165, 1.54) is 53.6 Å². The number of hydrogen-bond acceptors (Lipinski definition) is 5. The van der Waals surface area contributed by atoms with Gasteiger partial charge >= 0.3 is 0 Å². The Kier molecular flexibility index (Phi) is 7.37. The summed E-state index contributed by atoms with van der Waals surface area (Å²) in [6.45, 7) is 0. The van der Waals surface area contributed by atoms with Crippen LogP contribution >= 0.6 is 11.3 Å². The molecule has 0 fully saturated rings. The van der Waals surface area contributed by atoms with E-state index >= 15 is 0 Å². The predicted octanol–water partition coefficient (Wildman–Crippen LogP) is 12.9. The standard InChI is InChI=1S/C51H36N4OS/c1-3-13-31(14-4-1)49-52-50(32-15-5-2-6-16-32)54-51(53-49)39-21-12-24-46-47(39)41-29-33(25-28-45(41)57-46)35-19-11-20-38-40-30-34(26-27-44(40)56-48(35)38)55-42-22-9-7-17-36(42)37-18-8-10-23-43(37)55/h1-9,11-22,24-30,49,51,53H,10,23H2,(H,52,54). The highest BCUT2D eigenvalue weighted by atomic mass is 32.1. The van der Waals surface area contributed by atoms with Gasteiger partial charge in [0.25, 0.3) is 0 Å². The van der Waals surface area contributed by atoms with E-state index in [2.05, 4.69) is 179 Å². The van der Waals surface area contributed by atoms with E-state index in [1.54, 1.807) is 0 Å². The minimum atomic E-state index is -0.201. The van der Waals surface area contributed by atoms with Gasteiger partial charge in [-0.05, 0) is 72.0 Å². The number of nitrogens with zero attached hydrogens (tertiary/aromatic N) is 2. The molecular weight excluding hydrogens is 717 g/mol. The second kappa shape index (κ2) is 12.9. The Labute approximate surface area is 333 Å². The minimum Gasteiger partial charge on any atom is -0.455 e. The van der Waals surface area contributed by atoms with Crippen LogP contribution in [0, 0.1) is 0 Å². The van der Waals surface area contributed by atoms with Gasteiger partial charge in [0, 0.05) is 64.4 Å². The lowest BCUT2D eigenvalue weighted by Crippen LogP contribution is -2.45. The Morgan fingerprint density at radius 1 is 0.667 bits per heavy atom. The summed E-state index contributed by atoms with van der Waals surface area (Å²) >= 11 is 1.84. The topological polar surface area (TPSA) is 54.5 Å². The van der Waals surface area contributed by atoms with Crippen molar-refractivity contribution < 1.29 is 4.42 Å². The minimum absolute atomic E-state index is 0.167. The average Bonchev–Trinajstić information content (AvgIpc) is 3.96. The molecule has 12 rings (SSSR count). The normalized spacial score (nSPS) is 16.7. The molecule has 57 heavy (non-hydrogen) atoms. The van der Waals surface area contributed by atoms with Crippen LogP contribution in [0.4, 0.5) is 0 Å². The van der Waals surface area contributed by atoms with Gasteiger partial charge in [-0.1, -0.05) is 127 Å². The number of allylic oxidation sites excluding steroid dienone is 1. The van der Waals surface area contributed by atoms with Crippen molar-refractivity contribution in [1.82, 2.24) is 15.2 Å². The zero-order valence-corrected chi connectivity index (χ0v) is 31.8. The molecule has 272 valence electrons. The molecule has 2 unspecified atom stereocenters. The van der Waals surface area contributed by atoms with Crippen molar-refractivity contribution in [2.75, 3.05) is 0 Å². The van der Waals surface area contributed by atoms with Gasteiger partial charge in [-0.3, -0.25) is 5.32 Å². The Bertz CT molecular complexity index is 3260. The van der Waals surface area contributed by atoms with Gasteiger partial charge in [0.1, 0.15) is 29.3 Å². The lowest BCUT2D eigenvalue weighted by atomic mass is 9.98. The Balaban J connectivity index is 0.980. The summed E-state index contributed by atoms with van der Waals surface area (Å²) in [6.07, 6.45) is 6.31. The first-order valence-electron chi connectivity index (χ1n) is 19.7. The lowest BCUT2D eigenvalue weighted by Gasteiger charge is -2.32. The van der Waals surface area contributed by atoms with Gasteiger partial charge in [-0.15, -0.1) is 11.3 Å². The third-order valence-electron chi connectivity index (χ3n) is 11.8. The maximum Gasteiger partial charge on any atom is 0.143 e. The van der Waals surface area contributed by atoms with E-state index in [-0.39, 0.29) is 12.3 Å². The summed E-state index contributed by atoms with van der Waals surface area (Å²) in [4.78, 5) is 5.16. The summed E-state index contributed by atoms with van der Waals surface area (Å²) < 4.78 is 11.7. The maximum atomic E-state index is 6.77. The summed E-state index contributed by atoms with van der Waals surface area (Å²) in [5.74, 6) is 0.881. The van der Waals surface area contributed by atoms with Crippen molar-refractivity contribution in [3.63, 3.8) is 0 Å². The van der Waals surface area contributed by atoms with Crippen molar-refractivity contribution in [3.8, 4) is 16.8 Å². The zero-order valence-electron chi connectivity index (χ0n) is 30.9.